The van der Waals surface area contributed by atoms with Gasteiger partial charge < -0.3 is 8.98 Å². The normalized spacial score (nSPS) is 13.1. The standard InChI is InChI=1S/C57H36N4O/c1-3-15-35(16-4-1)37-23-13-24-42(29-37)56-58-55(36-17-5-2-6-18-36)59-57(60-56)46-28-14-27-45-49-34-52(43-25-11-12-26-44(43)54(49)62-53(45)46)61-50-32-40-21-9-7-19-38(40)30-47(50)48-31-39-20-8-10-22-41(39)33-51(48)61/h1,3-5,7-34H,2,6H2. The molecule has 9 aromatic carbocycles. The molecule has 290 valence electrons. The van der Waals surface area contributed by atoms with E-state index in [4.69, 9.17) is 19.4 Å². The maximum atomic E-state index is 7.08. The van der Waals surface area contributed by atoms with Crippen LogP contribution in [0.15, 0.2) is 199 Å². The van der Waals surface area contributed by atoms with Crippen molar-refractivity contribution in [1.29, 1.82) is 0 Å². The number of aromatic nitrogens is 4. The summed E-state index contributed by atoms with van der Waals surface area (Å²) >= 11 is 0. The topological polar surface area (TPSA) is 56.7 Å². The SMILES string of the molecule is C1=CC(c2nc(-c3cccc(-c4ccccc4)c3)nc(-c3cccc4c3oc3c5ccccc5c(-n5c6cc7ccccc7cc6c6cc7ccccc7cc65)cc43)n2)=CCC1. The predicted molar refractivity (Wildman–Crippen MR) is 257 cm³/mol. The zero-order valence-corrected chi connectivity index (χ0v) is 33.6. The van der Waals surface area contributed by atoms with Crippen molar-refractivity contribution in [3.8, 4) is 39.6 Å². The van der Waals surface area contributed by atoms with Gasteiger partial charge in [-0.05, 0) is 88.0 Å². The quantitative estimate of drug-likeness (QED) is 0.174. The highest BCUT2D eigenvalue weighted by Gasteiger charge is 2.23. The molecule has 0 unspecified atom stereocenters. The summed E-state index contributed by atoms with van der Waals surface area (Å²) in [6.45, 7) is 0. The van der Waals surface area contributed by atoms with Crippen LogP contribution in [0.2, 0.25) is 0 Å². The zero-order valence-electron chi connectivity index (χ0n) is 33.6. The second-order valence-corrected chi connectivity index (χ2v) is 16.3. The molecule has 0 atom stereocenters. The fourth-order valence-electron chi connectivity index (χ4n) is 9.61. The maximum Gasteiger partial charge on any atom is 0.167 e. The molecule has 5 heteroatoms. The van der Waals surface area contributed by atoms with E-state index >= 15 is 0 Å². The van der Waals surface area contributed by atoms with Crippen LogP contribution in [0.3, 0.4) is 0 Å². The van der Waals surface area contributed by atoms with Gasteiger partial charge in [0, 0.05) is 43.5 Å². The minimum atomic E-state index is 0.574. The molecule has 0 saturated heterocycles. The van der Waals surface area contributed by atoms with Crippen LogP contribution in [0.5, 0.6) is 0 Å². The average Bonchev–Trinajstić information content (AvgIpc) is 3.87. The van der Waals surface area contributed by atoms with Crippen LogP contribution in [0, 0.1) is 0 Å². The summed E-state index contributed by atoms with van der Waals surface area (Å²) in [7, 11) is 0. The van der Waals surface area contributed by atoms with Crippen molar-refractivity contribution in [2.75, 3.05) is 0 Å². The summed E-state index contributed by atoms with van der Waals surface area (Å²) < 4.78 is 9.55. The van der Waals surface area contributed by atoms with Gasteiger partial charge in [0.2, 0.25) is 0 Å². The highest BCUT2D eigenvalue weighted by atomic mass is 16.3. The van der Waals surface area contributed by atoms with E-state index in [2.05, 4.69) is 193 Å². The van der Waals surface area contributed by atoms with E-state index in [-0.39, 0.29) is 0 Å². The number of rotatable bonds is 5. The van der Waals surface area contributed by atoms with Gasteiger partial charge in [-0.15, -0.1) is 0 Å². The predicted octanol–water partition coefficient (Wildman–Crippen LogP) is 15.1. The van der Waals surface area contributed by atoms with Crippen molar-refractivity contribution in [3.63, 3.8) is 0 Å². The van der Waals surface area contributed by atoms with Gasteiger partial charge in [0.05, 0.1) is 22.3 Å². The first-order chi connectivity index (χ1) is 30.7. The Morgan fingerprint density at radius 3 is 1.71 bits per heavy atom. The van der Waals surface area contributed by atoms with Crippen molar-refractivity contribution in [3.05, 3.63) is 200 Å². The molecule has 12 aromatic rings. The van der Waals surface area contributed by atoms with Crippen molar-refractivity contribution in [2.24, 2.45) is 0 Å². The molecule has 0 radical (unpaired) electrons. The van der Waals surface area contributed by atoms with Crippen LogP contribution in [0.1, 0.15) is 18.7 Å². The molecule has 0 fully saturated rings. The molecular weight excluding hydrogens is 757 g/mol. The van der Waals surface area contributed by atoms with E-state index in [1.165, 1.54) is 43.4 Å². The van der Waals surface area contributed by atoms with E-state index in [1.54, 1.807) is 0 Å². The number of nitrogens with zero attached hydrogens (tertiary/aromatic N) is 4. The molecule has 0 saturated carbocycles. The summed E-state index contributed by atoms with van der Waals surface area (Å²) in [4.78, 5) is 15.5. The second-order valence-electron chi connectivity index (χ2n) is 16.3. The highest BCUT2D eigenvalue weighted by molar-refractivity contribution is 6.22. The van der Waals surface area contributed by atoms with Crippen LogP contribution in [0.25, 0.3) is 121 Å². The van der Waals surface area contributed by atoms with Gasteiger partial charge in [-0.25, -0.2) is 15.0 Å². The van der Waals surface area contributed by atoms with Gasteiger partial charge >= 0.3 is 0 Å². The average molecular weight is 793 g/mol. The molecule has 0 N–H and O–H groups in total. The minimum absolute atomic E-state index is 0.574. The maximum absolute atomic E-state index is 7.08. The van der Waals surface area contributed by atoms with E-state index < -0.39 is 0 Å². The zero-order chi connectivity index (χ0) is 40.7. The molecule has 3 aromatic heterocycles. The van der Waals surface area contributed by atoms with Gasteiger partial charge in [0.25, 0.3) is 0 Å². The Labute approximate surface area is 356 Å². The monoisotopic (exact) mass is 792 g/mol. The molecule has 0 aliphatic heterocycles. The lowest BCUT2D eigenvalue weighted by Gasteiger charge is -2.13. The first-order valence-corrected chi connectivity index (χ1v) is 21.2. The lowest BCUT2D eigenvalue weighted by molar-refractivity contribution is 0.673. The lowest BCUT2D eigenvalue weighted by Crippen LogP contribution is -2.03. The Morgan fingerprint density at radius 2 is 0.984 bits per heavy atom. The van der Waals surface area contributed by atoms with Crippen LogP contribution < -0.4 is 0 Å². The number of fused-ring (bicyclic) bond motifs is 10. The smallest absolute Gasteiger partial charge is 0.167 e. The summed E-state index contributed by atoms with van der Waals surface area (Å²) in [5.41, 5.74) is 10.0. The molecular formula is C57H36N4O. The number of hydrogen-bond donors (Lipinski definition) is 0. The Bertz CT molecular complexity index is 3780. The Kier molecular flexibility index (Phi) is 7.66. The minimum Gasteiger partial charge on any atom is -0.455 e. The Hall–Kier alpha value is -8.15. The Morgan fingerprint density at radius 1 is 0.403 bits per heavy atom. The van der Waals surface area contributed by atoms with E-state index in [9.17, 15) is 0 Å². The fourth-order valence-corrected chi connectivity index (χ4v) is 9.61. The van der Waals surface area contributed by atoms with Crippen LogP contribution in [-0.4, -0.2) is 19.5 Å². The molecule has 5 nitrogen and oxygen atoms in total. The number of benzene rings is 9. The molecule has 13 rings (SSSR count). The third-order valence-corrected chi connectivity index (χ3v) is 12.6. The summed E-state index contributed by atoms with van der Waals surface area (Å²) in [5.74, 6) is 1.85. The lowest BCUT2D eigenvalue weighted by atomic mass is 10.0. The van der Waals surface area contributed by atoms with Crippen LogP contribution in [0.4, 0.5) is 0 Å². The number of furan rings is 1. The van der Waals surface area contributed by atoms with Crippen molar-refractivity contribution in [2.45, 2.75) is 12.8 Å². The number of hydrogen-bond acceptors (Lipinski definition) is 4. The summed E-state index contributed by atoms with van der Waals surface area (Å²) in [6, 6.07) is 62.9. The first-order valence-electron chi connectivity index (χ1n) is 21.2. The van der Waals surface area contributed by atoms with Gasteiger partial charge in [0.15, 0.2) is 17.5 Å². The van der Waals surface area contributed by atoms with Crippen molar-refractivity contribution < 1.29 is 4.42 Å². The van der Waals surface area contributed by atoms with Gasteiger partial charge in [-0.1, -0.05) is 152 Å². The summed E-state index contributed by atoms with van der Waals surface area (Å²) in [6.07, 6.45) is 8.49. The Balaban J connectivity index is 1.07. The van der Waals surface area contributed by atoms with Gasteiger partial charge in [-0.3, -0.25) is 0 Å². The molecule has 1 aliphatic carbocycles. The molecule has 1 aliphatic rings. The van der Waals surface area contributed by atoms with Crippen LogP contribution in [-0.2, 0) is 0 Å². The van der Waals surface area contributed by atoms with Crippen molar-refractivity contribution >= 4 is 81.6 Å². The van der Waals surface area contributed by atoms with E-state index in [1.807, 2.05) is 6.07 Å². The highest BCUT2D eigenvalue weighted by Crippen LogP contribution is 2.44. The molecule has 0 bridgehead atoms. The largest absolute Gasteiger partial charge is 0.455 e. The van der Waals surface area contributed by atoms with E-state index in [0.717, 1.165) is 79.1 Å². The third kappa shape index (κ3) is 5.45. The van der Waals surface area contributed by atoms with Gasteiger partial charge in [0.1, 0.15) is 11.2 Å². The first kappa shape index (κ1) is 34.7. The molecule has 3 heterocycles. The third-order valence-electron chi connectivity index (χ3n) is 12.6. The summed E-state index contributed by atoms with van der Waals surface area (Å²) in [5, 5.41) is 11.5. The van der Waals surface area contributed by atoms with E-state index in [0.29, 0.717) is 17.5 Å². The fraction of sp³-hybridized carbons (Fsp3) is 0.0351. The number of allylic oxidation sites excluding steroid dienone is 4. The van der Waals surface area contributed by atoms with Crippen LogP contribution >= 0.6 is 0 Å². The second kappa shape index (κ2) is 13.7. The molecule has 62 heavy (non-hydrogen) atoms. The number of para-hydroxylation sites is 1. The molecule has 0 amide bonds. The van der Waals surface area contributed by atoms with Gasteiger partial charge in [-0.2, -0.15) is 0 Å². The van der Waals surface area contributed by atoms with Crippen molar-refractivity contribution in [1.82, 2.24) is 19.5 Å². The molecule has 0 spiro atoms.